The van der Waals surface area contributed by atoms with Crippen molar-refractivity contribution in [3.63, 3.8) is 0 Å². The number of carbonyl (C=O) groups excluding carboxylic acids is 1. The van der Waals surface area contributed by atoms with Crippen molar-refractivity contribution in [1.29, 1.82) is 0 Å². The minimum Gasteiger partial charge on any atom is -0.480 e. The summed E-state index contributed by atoms with van der Waals surface area (Å²) in [6.45, 7) is -1.74. The molecule has 0 aromatic carbocycles. The number of alkyl halides is 3. The summed E-state index contributed by atoms with van der Waals surface area (Å²) in [7, 11) is 0. The Morgan fingerprint density at radius 1 is 1.23 bits per heavy atom. The van der Waals surface area contributed by atoms with Crippen molar-refractivity contribution in [1.82, 2.24) is 4.90 Å². The van der Waals surface area contributed by atoms with E-state index < -0.39 is 30.7 Å². The second-order valence-corrected chi connectivity index (χ2v) is 5.92. The molecule has 1 aliphatic carbocycles. The molecule has 0 unspecified atom stereocenters. The van der Waals surface area contributed by atoms with Crippen LogP contribution in [0.4, 0.5) is 13.2 Å². The number of carboxylic acid groups (broad SMARTS) is 1. The molecule has 1 saturated heterocycles. The summed E-state index contributed by atoms with van der Waals surface area (Å²) in [5.74, 6) is -1.28. The number of rotatable bonds is 5. The average molecular weight is 323 g/mol. The van der Waals surface area contributed by atoms with Gasteiger partial charge in [0, 0.05) is 6.04 Å². The monoisotopic (exact) mass is 323 g/mol. The molecule has 0 bridgehead atoms. The number of carboxylic acids is 1. The van der Waals surface area contributed by atoms with E-state index in [1.54, 1.807) is 0 Å². The van der Waals surface area contributed by atoms with Crippen LogP contribution in [-0.4, -0.2) is 53.4 Å². The van der Waals surface area contributed by atoms with Crippen LogP contribution in [0.5, 0.6) is 0 Å². The van der Waals surface area contributed by atoms with Crippen molar-refractivity contribution < 1.29 is 32.6 Å². The summed E-state index contributed by atoms with van der Waals surface area (Å²) >= 11 is 0. The fourth-order valence-electron chi connectivity index (χ4n) is 3.52. The smallest absolute Gasteiger partial charge is 0.411 e. The summed E-state index contributed by atoms with van der Waals surface area (Å²) in [6.07, 6.45) is -0.550. The number of hydrogen-bond acceptors (Lipinski definition) is 3. The first kappa shape index (κ1) is 17.1. The molecule has 5 nitrogen and oxygen atoms in total. The van der Waals surface area contributed by atoms with Gasteiger partial charge in [-0.3, -0.25) is 4.79 Å². The first-order chi connectivity index (χ1) is 10.3. The maximum Gasteiger partial charge on any atom is 0.411 e. The summed E-state index contributed by atoms with van der Waals surface area (Å²) in [5, 5.41) is 9.28. The predicted octanol–water partition coefficient (Wildman–Crippen LogP) is 2.20. The Kier molecular flexibility index (Phi) is 5.31. The molecule has 22 heavy (non-hydrogen) atoms. The molecular formula is C14H20F3NO4. The van der Waals surface area contributed by atoms with Gasteiger partial charge in [-0.05, 0) is 25.2 Å². The third kappa shape index (κ3) is 4.12. The number of fused-ring (bicyclic) bond motifs is 1. The normalized spacial score (nSPS) is 28.5. The van der Waals surface area contributed by atoms with Crippen LogP contribution in [0.15, 0.2) is 0 Å². The second-order valence-electron chi connectivity index (χ2n) is 5.92. The number of aliphatic carboxylic acids is 1. The topological polar surface area (TPSA) is 66.8 Å². The van der Waals surface area contributed by atoms with Crippen LogP contribution in [-0.2, 0) is 14.3 Å². The molecule has 0 radical (unpaired) electrons. The highest BCUT2D eigenvalue weighted by atomic mass is 19.4. The van der Waals surface area contributed by atoms with E-state index in [1.807, 2.05) is 0 Å². The van der Waals surface area contributed by atoms with Crippen molar-refractivity contribution in [2.24, 2.45) is 5.92 Å². The standard InChI is InChI=1S/C14H20F3NO4/c15-14(16,17)8-22-6-5-12(19)18-10-4-2-1-3-9(10)7-11(18)13(20)21/h9-11H,1-8H2,(H,20,21)/t9-,10+,11+/m1/s1. The van der Waals surface area contributed by atoms with Gasteiger partial charge < -0.3 is 14.7 Å². The molecule has 3 atom stereocenters. The summed E-state index contributed by atoms with van der Waals surface area (Å²) in [6, 6.07) is -0.951. The summed E-state index contributed by atoms with van der Waals surface area (Å²) in [5.41, 5.74) is 0. The van der Waals surface area contributed by atoms with Gasteiger partial charge in [0.2, 0.25) is 5.91 Å². The number of ether oxygens (including phenoxy) is 1. The van der Waals surface area contributed by atoms with Gasteiger partial charge in [-0.1, -0.05) is 12.8 Å². The first-order valence-corrected chi connectivity index (χ1v) is 7.48. The maximum atomic E-state index is 12.2. The second kappa shape index (κ2) is 6.85. The van der Waals surface area contributed by atoms with Gasteiger partial charge in [-0.15, -0.1) is 0 Å². The lowest BCUT2D eigenvalue weighted by atomic mass is 9.84. The van der Waals surface area contributed by atoms with Crippen LogP contribution in [0.1, 0.15) is 38.5 Å². The predicted molar refractivity (Wildman–Crippen MR) is 70.1 cm³/mol. The van der Waals surface area contributed by atoms with E-state index in [1.165, 1.54) is 4.90 Å². The van der Waals surface area contributed by atoms with Gasteiger partial charge in [0.25, 0.3) is 0 Å². The van der Waals surface area contributed by atoms with Crippen molar-refractivity contribution in [3.8, 4) is 0 Å². The Bertz CT molecular complexity index is 427. The zero-order chi connectivity index (χ0) is 16.3. The largest absolute Gasteiger partial charge is 0.480 e. The van der Waals surface area contributed by atoms with E-state index in [2.05, 4.69) is 4.74 Å². The van der Waals surface area contributed by atoms with Crippen LogP contribution in [0, 0.1) is 5.92 Å². The fourth-order valence-corrected chi connectivity index (χ4v) is 3.52. The van der Waals surface area contributed by atoms with Crippen molar-refractivity contribution in [3.05, 3.63) is 0 Å². The third-order valence-electron chi connectivity index (χ3n) is 4.39. The minimum absolute atomic E-state index is 0.0926. The fraction of sp³-hybridized carbons (Fsp3) is 0.857. The molecule has 0 aromatic rings. The van der Waals surface area contributed by atoms with Gasteiger partial charge in [0.15, 0.2) is 0 Å². The van der Waals surface area contributed by atoms with Crippen molar-refractivity contribution in [2.45, 2.75) is 56.8 Å². The quantitative estimate of drug-likeness (QED) is 0.788. The number of hydrogen-bond donors (Lipinski definition) is 1. The molecule has 2 aliphatic rings. The Balaban J connectivity index is 1.92. The zero-order valence-electron chi connectivity index (χ0n) is 12.1. The van der Waals surface area contributed by atoms with E-state index in [0.717, 1.165) is 25.7 Å². The van der Waals surface area contributed by atoms with Crippen LogP contribution in [0.3, 0.4) is 0 Å². The number of nitrogens with zero attached hydrogens (tertiary/aromatic N) is 1. The van der Waals surface area contributed by atoms with Gasteiger partial charge >= 0.3 is 12.1 Å². The molecule has 1 aliphatic heterocycles. The minimum atomic E-state index is -4.42. The van der Waals surface area contributed by atoms with Gasteiger partial charge in [0.1, 0.15) is 12.6 Å². The van der Waals surface area contributed by atoms with Gasteiger partial charge in [-0.2, -0.15) is 13.2 Å². The first-order valence-electron chi connectivity index (χ1n) is 7.48. The Morgan fingerprint density at radius 2 is 1.91 bits per heavy atom. The highest BCUT2D eigenvalue weighted by Gasteiger charge is 2.47. The van der Waals surface area contributed by atoms with Crippen molar-refractivity contribution >= 4 is 11.9 Å². The molecule has 1 N–H and O–H groups in total. The SMILES string of the molecule is O=C(O)[C@@H]1C[C@H]2CCCC[C@@H]2N1C(=O)CCOCC(F)(F)F. The average Bonchev–Trinajstić information content (AvgIpc) is 2.82. The van der Waals surface area contributed by atoms with Crippen LogP contribution < -0.4 is 0 Å². The van der Waals surface area contributed by atoms with E-state index in [9.17, 15) is 27.9 Å². The molecular weight excluding hydrogens is 303 g/mol. The molecule has 8 heteroatoms. The molecule has 1 saturated carbocycles. The third-order valence-corrected chi connectivity index (χ3v) is 4.39. The number of likely N-dealkylation sites (tertiary alicyclic amines) is 1. The Labute approximate surface area is 126 Å². The lowest BCUT2D eigenvalue weighted by Crippen LogP contribution is -2.46. The van der Waals surface area contributed by atoms with Crippen molar-refractivity contribution in [2.75, 3.05) is 13.2 Å². The molecule has 0 aromatic heterocycles. The summed E-state index contributed by atoms with van der Waals surface area (Å²) < 4.78 is 40.4. The zero-order valence-corrected chi connectivity index (χ0v) is 12.1. The molecule has 1 amide bonds. The molecule has 0 spiro atoms. The molecule has 2 rings (SSSR count). The van der Waals surface area contributed by atoms with Crippen LogP contribution in [0.25, 0.3) is 0 Å². The lowest BCUT2D eigenvalue weighted by molar-refractivity contribution is -0.175. The number of carbonyl (C=O) groups is 2. The lowest BCUT2D eigenvalue weighted by Gasteiger charge is -2.33. The van der Waals surface area contributed by atoms with Gasteiger partial charge in [0.05, 0.1) is 13.0 Å². The van der Waals surface area contributed by atoms with E-state index in [0.29, 0.717) is 6.42 Å². The van der Waals surface area contributed by atoms with Crippen LogP contribution in [0.2, 0.25) is 0 Å². The van der Waals surface area contributed by atoms with E-state index in [-0.39, 0.29) is 25.0 Å². The van der Waals surface area contributed by atoms with E-state index >= 15 is 0 Å². The molecule has 2 fully saturated rings. The Hall–Kier alpha value is -1.31. The van der Waals surface area contributed by atoms with Crippen LogP contribution >= 0.6 is 0 Å². The maximum absolute atomic E-state index is 12.2. The number of amides is 1. The van der Waals surface area contributed by atoms with Gasteiger partial charge in [-0.25, -0.2) is 4.79 Å². The highest BCUT2D eigenvalue weighted by Crippen LogP contribution is 2.40. The summed E-state index contributed by atoms with van der Waals surface area (Å²) in [4.78, 5) is 25.0. The molecule has 126 valence electrons. The Morgan fingerprint density at radius 3 is 2.55 bits per heavy atom. The highest BCUT2D eigenvalue weighted by molar-refractivity contribution is 5.84. The van der Waals surface area contributed by atoms with E-state index in [4.69, 9.17) is 0 Å². The number of halogens is 3. The molecule has 1 heterocycles.